The number of hydrogen-bond donors (Lipinski definition) is 1. The largest absolute Gasteiger partial charge is 0.381 e. The average Bonchev–Trinajstić information content (AvgIpc) is 2.94. The summed E-state index contributed by atoms with van der Waals surface area (Å²) in [6.07, 6.45) is 1.10. The molecule has 5 heteroatoms. The zero-order valence-corrected chi connectivity index (χ0v) is 11.5. The van der Waals surface area contributed by atoms with Gasteiger partial charge in [-0.15, -0.1) is 0 Å². The van der Waals surface area contributed by atoms with Crippen molar-refractivity contribution >= 4 is 23.4 Å². The second kappa shape index (κ2) is 4.48. The molecular weight excluding hydrogens is 246 g/mol. The molecule has 0 radical (unpaired) electrons. The van der Waals surface area contributed by atoms with Crippen molar-refractivity contribution < 1.29 is 4.74 Å². The summed E-state index contributed by atoms with van der Waals surface area (Å²) in [5, 5.41) is 0. The number of aromatic nitrogens is 3. The lowest BCUT2D eigenvalue weighted by Gasteiger charge is -2.19. The molecule has 2 aromatic rings. The van der Waals surface area contributed by atoms with Crippen LogP contribution in [-0.4, -0.2) is 27.7 Å². The highest BCUT2D eigenvalue weighted by Crippen LogP contribution is 2.28. The molecule has 4 nitrogen and oxygen atoms in total. The van der Waals surface area contributed by atoms with Crippen LogP contribution < -0.4 is 0 Å². The number of ether oxygens (including phenoxy) is 1. The van der Waals surface area contributed by atoms with Crippen LogP contribution in [0.1, 0.15) is 25.1 Å². The van der Waals surface area contributed by atoms with Crippen LogP contribution >= 0.6 is 12.2 Å². The molecule has 3 heterocycles. The van der Waals surface area contributed by atoms with Crippen LogP contribution in [0.2, 0.25) is 0 Å². The van der Waals surface area contributed by atoms with Gasteiger partial charge >= 0.3 is 0 Å². The van der Waals surface area contributed by atoms with Crippen molar-refractivity contribution in [2.45, 2.75) is 26.3 Å². The van der Waals surface area contributed by atoms with E-state index in [2.05, 4.69) is 21.5 Å². The van der Waals surface area contributed by atoms with Crippen molar-refractivity contribution in [3.63, 3.8) is 0 Å². The summed E-state index contributed by atoms with van der Waals surface area (Å²) in [6, 6.07) is 4.37. The summed E-state index contributed by atoms with van der Waals surface area (Å²) in [4.78, 5) is 7.85. The van der Waals surface area contributed by atoms with Gasteiger partial charge in [0.1, 0.15) is 0 Å². The Bertz CT molecular complexity index is 625. The van der Waals surface area contributed by atoms with Gasteiger partial charge in [-0.3, -0.25) is 4.57 Å². The van der Waals surface area contributed by atoms with Crippen LogP contribution in [0, 0.1) is 17.6 Å². The van der Waals surface area contributed by atoms with Gasteiger partial charge in [-0.2, -0.15) is 0 Å². The molecule has 2 aromatic heterocycles. The Kier molecular flexibility index (Phi) is 2.95. The van der Waals surface area contributed by atoms with Crippen molar-refractivity contribution in [3.05, 3.63) is 22.6 Å². The molecular formula is C13H17N3OS. The second-order valence-corrected chi connectivity index (χ2v) is 5.37. The molecule has 1 fully saturated rings. The molecule has 1 N–H and O–H groups in total. The summed E-state index contributed by atoms with van der Waals surface area (Å²) in [5.74, 6) is 0.526. The van der Waals surface area contributed by atoms with Crippen LogP contribution in [0.25, 0.3) is 11.2 Å². The Morgan fingerprint density at radius 1 is 1.56 bits per heavy atom. The minimum absolute atomic E-state index is 0.322. The van der Waals surface area contributed by atoms with Crippen LogP contribution in [-0.2, 0) is 4.74 Å². The van der Waals surface area contributed by atoms with Crippen molar-refractivity contribution in [1.82, 2.24) is 14.5 Å². The fourth-order valence-corrected chi connectivity index (χ4v) is 2.98. The predicted molar refractivity (Wildman–Crippen MR) is 73.3 cm³/mol. The SMILES string of the molecule is Cc1ccc2[nH]c(=S)n(C(C)C3CCOC3)c2n1. The number of rotatable bonds is 2. The number of fused-ring (bicyclic) bond motifs is 1. The van der Waals surface area contributed by atoms with Gasteiger partial charge in [-0.25, -0.2) is 4.98 Å². The summed E-state index contributed by atoms with van der Waals surface area (Å²) in [6.45, 7) is 5.88. The number of nitrogens with one attached hydrogen (secondary N) is 1. The average molecular weight is 263 g/mol. The summed E-state index contributed by atoms with van der Waals surface area (Å²) >= 11 is 5.43. The lowest BCUT2D eigenvalue weighted by molar-refractivity contribution is 0.175. The highest BCUT2D eigenvalue weighted by Gasteiger charge is 2.25. The van der Waals surface area contributed by atoms with Gasteiger partial charge in [0.05, 0.1) is 12.1 Å². The van der Waals surface area contributed by atoms with E-state index in [1.54, 1.807) is 0 Å². The lowest BCUT2D eigenvalue weighted by Crippen LogP contribution is -2.17. The Morgan fingerprint density at radius 2 is 2.39 bits per heavy atom. The van der Waals surface area contributed by atoms with Gasteiger partial charge in [0.2, 0.25) is 0 Å². The number of imidazole rings is 1. The zero-order chi connectivity index (χ0) is 12.7. The van der Waals surface area contributed by atoms with E-state index in [-0.39, 0.29) is 0 Å². The highest BCUT2D eigenvalue weighted by molar-refractivity contribution is 7.71. The number of hydrogen-bond acceptors (Lipinski definition) is 3. The maximum Gasteiger partial charge on any atom is 0.179 e. The van der Waals surface area contributed by atoms with Gasteiger partial charge in [-0.1, -0.05) is 0 Å². The molecule has 1 aliphatic rings. The molecule has 0 spiro atoms. The zero-order valence-electron chi connectivity index (χ0n) is 10.6. The van der Waals surface area contributed by atoms with E-state index in [9.17, 15) is 0 Å². The van der Waals surface area contributed by atoms with Gasteiger partial charge in [0.15, 0.2) is 10.4 Å². The molecule has 0 amide bonds. The molecule has 0 aliphatic carbocycles. The molecule has 2 unspecified atom stereocenters. The molecule has 1 saturated heterocycles. The van der Waals surface area contributed by atoms with Crippen molar-refractivity contribution in [2.24, 2.45) is 5.92 Å². The minimum Gasteiger partial charge on any atom is -0.381 e. The maximum atomic E-state index is 5.47. The van der Waals surface area contributed by atoms with Crippen molar-refractivity contribution in [1.29, 1.82) is 0 Å². The molecule has 18 heavy (non-hydrogen) atoms. The normalized spacial score (nSPS) is 21.6. The monoisotopic (exact) mass is 263 g/mol. The van der Waals surface area contributed by atoms with E-state index < -0.39 is 0 Å². The van der Waals surface area contributed by atoms with E-state index in [0.29, 0.717) is 12.0 Å². The van der Waals surface area contributed by atoms with E-state index >= 15 is 0 Å². The summed E-state index contributed by atoms with van der Waals surface area (Å²) < 4.78 is 8.36. The molecule has 0 bridgehead atoms. The molecule has 0 saturated carbocycles. The first-order chi connectivity index (χ1) is 8.66. The Labute approximate surface area is 111 Å². The minimum atomic E-state index is 0.322. The third-order valence-electron chi connectivity index (χ3n) is 3.76. The Hall–Kier alpha value is -1.20. The van der Waals surface area contributed by atoms with E-state index in [4.69, 9.17) is 17.0 Å². The van der Waals surface area contributed by atoms with Gasteiger partial charge in [0.25, 0.3) is 0 Å². The standard InChI is InChI=1S/C13H17N3OS/c1-8-3-4-11-12(14-8)16(13(18)15-11)9(2)10-5-6-17-7-10/h3-4,9-10H,5-7H2,1-2H3,(H,15,18). The fourth-order valence-electron chi connectivity index (χ4n) is 2.62. The fraction of sp³-hybridized carbons (Fsp3) is 0.538. The first-order valence-electron chi connectivity index (χ1n) is 6.32. The number of H-pyrrole nitrogens is 1. The Morgan fingerprint density at radius 3 is 3.11 bits per heavy atom. The smallest absolute Gasteiger partial charge is 0.179 e. The van der Waals surface area contributed by atoms with Crippen LogP contribution in [0.3, 0.4) is 0 Å². The van der Waals surface area contributed by atoms with Gasteiger partial charge in [-0.05, 0) is 44.6 Å². The molecule has 1 aliphatic heterocycles. The maximum absolute atomic E-state index is 5.47. The molecule has 3 rings (SSSR count). The van der Waals surface area contributed by atoms with E-state index in [1.807, 2.05) is 19.1 Å². The number of pyridine rings is 1. The van der Waals surface area contributed by atoms with Crippen LogP contribution in [0.4, 0.5) is 0 Å². The number of nitrogens with zero attached hydrogens (tertiary/aromatic N) is 2. The van der Waals surface area contributed by atoms with Crippen molar-refractivity contribution in [2.75, 3.05) is 13.2 Å². The van der Waals surface area contributed by atoms with Crippen LogP contribution in [0.15, 0.2) is 12.1 Å². The van der Waals surface area contributed by atoms with Crippen LogP contribution in [0.5, 0.6) is 0 Å². The number of aromatic amines is 1. The van der Waals surface area contributed by atoms with Gasteiger partial charge in [0, 0.05) is 24.3 Å². The van der Waals surface area contributed by atoms with E-state index in [0.717, 1.165) is 41.3 Å². The molecule has 96 valence electrons. The second-order valence-electron chi connectivity index (χ2n) is 4.99. The Balaban J connectivity index is 2.12. The summed E-state index contributed by atoms with van der Waals surface area (Å²) in [5.41, 5.74) is 2.98. The number of aryl methyl sites for hydroxylation is 1. The van der Waals surface area contributed by atoms with E-state index in [1.165, 1.54) is 0 Å². The van der Waals surface area contributed by atoms with Crippen molar-refractivity contribution in [3.8, 4) is 0 Å². The lowest BCUT2D eigenvalue weighted by atomic mass is 10.0. The summed E-state index contributed by atoms with van der Waals surface area (Å²) in [7, 11) is 0. The third kappa shape index (κ3) is 1.87. The van der Waals surface area contributed by atoms with Gasteiger partial charge < -0.3 is 9.72 Å². The first-order valence-corrected chi connectivity index (χ1v) is 6.73. The molecule has 0 aromatic carbocycles. The first kappa shape index (κ1) is 11.9. The highest BCUT2D eigenvalue weighted by atomic mass is 32.1. The predicted octanol–water partition coefficient (Wildman–Crippen LogP) is 3.00. The molecule has 2 atom stereocenters. The third-order valence-corrected chi connectivity index (χ3v) is 4.06. The quantitative estimate of drug-likeness (QED) is 0.847. The topological polar surface area (TPSA) is 42.8 Å².